The molecule has 132 valence electrons. The summed E-state index contributed by atoms with van der Waals surface area (Å²) in [4.78, 5) is 21.5. The molecule has 1 amide bonds. The predicted molar refractivity (Wildman–Crippen MR) is 97.3 cm³/mol. The van der Waals surface area contributed by atoms with E-state index in [2.05, 4.69) is 29.2 Å². The summed E-state index contributed by atoms with van der Waals surface area (Å²) in [5.74, 6) is 0. The normalized spacial score (nSPS) is 23.4. The quantitative estimate of drug-likeness (QED) is 0.841. The van der Waals surface area contributed by atoms with E-state index in [1.54, 1.807) is 0 Å². The highest BCUT2D eigenvalue weighted by Gasteiger charge is 2.46. The van der Waals surface area contributed by atoms with E-state index in [1.807, 2.05) is 37.8 Å². The first-order valence-corrected chi connectivity index (χ1v) is 8.97. The van der Waals surface area contributed by atoms with Gasteiger partial charge in [-0.15, -0.1) is 0 Å². The number of ether oxygens (including phenoxy) is 1. The number of aromatic nitrogens is 1. The van der Waals surface area contributed by atoms with Crippen molar-refractivity contribution < 1.29 is 9.53 Å². The minimum absolute atomic E-state index is 0.177. The molecule has 5 nitrogen and oxygen atoms in total. The summed E-state index contributed by atoms with van der Waals surface area (Å²) >= 11 is 0. The lowest BCUT2D eigenvalue weighted by molar-refractivity contribution is 0.0123. The van der Waals surface area contributed by atoms with E-state index in [1.165, 1.54) is 5.39 Å². The van der Waals surface area contributed by atoms with E-state index < -0.39 is 5.60 Å². The monoisotopic (exact) mass is 339 g/mol. The molecule has 1 aromatic carbocycles. The van der Waals surface area contributed by atoms with Crippen molar-refractivity contribution >= 4 is 17.0 Å². The number of pyridine rings is 1. The first kappa shape index (κ1) is 16.3. The zero-order chi connectivity index (χ0) is 17.6. The number of amides is 1. The van der Waals surface area contributed by atoms with Crippen LogP contribution in [0.3, 0.4) is 0 Å². The van der Waals surface area contributed by atoms with Crippen molar-refractivity contribution in [3.8, 4) is 0 Å². The number of rotatable bonds is 2. The lowest BCUT2D eigenvalue weighted by Crippen LogP contribution is -2.49. The molecule has 2 atom stereocenters. The van der Waals surface area contributed by atoms with Gasteiger partial charge in [-0.1, -0.05) is 24.3 Å². The minimum Gasteiger partial charge on any atom is -0.444 e. The molecule has 5 heteroatoms. The standard InChI is InChI=1S/C20H25N3O2/c1-20(2,3)25-19(24)23-13-16-10-17(23)12-22(16)11-15-9-8-14-6-4-5-7-18(14)21-15/h4-9,16-17H,10-13H2,1-3H3/t16-,17-/m0/s1. The smallest absolute Gasteiger partial charge is 0.410 e. The SMILES string of the molecule is CC(C)(C)OC(=O)N1C[C@@H]2C[C@H]1CN2Cc1ccc2ccccc2n1. The average molecular weight is 339 g/mol. The highest BCUT2D eigenvalue weighted by molar-refractivity contribution is 5.78. The molecule has 0 N–H and O–H groups in total. The lowest BCUT2D eigenvalue weighted by atomic mass is 10.2. The van der Waals surface area contributed by atoms with Gasteiger partial charge in [0.1, 0.15) is 5.60 Å². The molecule has 0 saturated carbocycles. The first-order valence-electron chi connectivity index (χ1n) is 8.97. The fourth-order valence-electron chi connectivity index (χ4n) is 3.89. The predicted octanol–water partition coefficient (Wildman–Crippen LogP) is 3.43. The third-order valence-corrected chi connectivity index (χ3v) is 5.00. The van der Waals surface area contributed by atoms with Gasteiger partial charge in [-0.3, -0.25) is 9.88 Å². The number of benzene rings is 1. The van der Waals surface area contributed by atoms with Crippen molar-refractivity contribution in [1.82, 2.24) is 14.8 Å². The van der Waals surface area contributed by atoms with Crippen molar-refractivity contribution in [3.05, 3.63) is 42.1 Å². The van der Waals surface area contributed by atoms with Crippen molar-refractivity contribution in [2.24, 2.45) is 0 Å². The maximum atomic E-state index is 12.3. The molecule has 2 aromatic rings. The van der Waals surface area contributed by atoms with Crippen LogP contribution in [0.5, 0.6) is 0 Å². The summed E-state index contributed by atoms with van der Waals surface area (Å²) in [5.41, 5.74) is 1.70. The molecule has 0 unspecified atom stereocenters. The summed E-state index contributed by atoms with van der Waals surface area (Å²) < 4.78 is 5.53. The molecular weight excluding hydrogens is 314 g/mol. The lowest BCUT2D eigenvalue weighted by Gasteiger charge is -2.35. The van der Waals surface area contributed by atoms with E-state index in [4.69, 9.17) is 9.72 Å². The molecule has 2 fully saturated rings. The summed E-state index contributed by atoms with van der Waals surface area (Å²) in [6.07, 6.45) is 0.857. The van der Waals surface area contributed by atoms with Gasteiger partial charge in [-0.2, -0.15) is 0 Å². The molecule has 0 radical (unpaired) electrons. The van der Waals surface area contributed by atoms with Gasteiger partial charge >= 0.3 is 6.09 Å². The van der Waals surface area contributed by atoms with Crippen LogP contribution in [0.4, 0.5) is 4.79 Å². The van der Waals surface area contributed by atoms with E-state index in [9.17, 15) is 4.79 Å². The van der Waals surface area contributed by atoms with Crippen molar-refractivity contribution in [2.75, 3.05) is 13.1 Å². The first-order chi connectivity index (χ1) is 11.9. The van der Waals surface area contributed by atoms with E-state index in [0.717, 1.165) is 37.3 Å². The number of likely N-dealkylation sites (tertiary alicyclic amines) is 2. The maximum absolute atomic E-state index is 12.3. The molecular formula is C20H25N3O2. The molecule has 2 aliphatic heterocycles. The third-order valence-electron chi connectivity index (χ3n) is 5.00. The van der Waals surface area contributed by atoms with Crippen LogP contribution in [0.25, 0.3) is 10.9 Å². The second kappa shape index (κ2) is 5.99. The van der Waals surface area contributed by atoms with Crippen LogP contribution in [-0.4, -0.2) is 51.7 Å². The molecule has 0 aliphatic carbocycles. The Hall–Kier alpha value is -2.14. The highest BCUT2D eigenvalue weighted by Crippen LogP contribution is 2.32. The van der Waals surface area contributed by atoms with Gasteiger partial charge in [-0.25, -0.2) is 4.79 Å². The van der Waals surface area contributed by atoms with E-state index >= 15 is 0 Å². The Kier molecular flexibility index (Phi) is 3.91. The summed E-state index contributed by atoms with van der Waals surface area (Å²) in [6.45, 7) is 8.24. The largest absolute Gasteiger partial charge is 0.444 e. The number of fused-ring (bicyclic) bond motifs is 3. The fourth-order valence-corrected chi connectivity index (χ4v) is 3.89. The Bertz CT molecular complexity index is 799. The Morgan fingerprint density at radius 2 is 1.96 bits per heavy atom. The third kappa shape index (κ3) is 3.33. The number of nitrogens with zero attached hydrogens (tertiary/aromatic N) is 3. The molecule has 2 saturated heterocycles. The van der Waals surface area contributed by atoms with Crippen molar-refractivity contribution in [2.45, 2.75) is 51.4 Å². The number of para-hydroxylation sites is 1. The minimum atomic E-state index is -0.437. The van der Waals surface area contributed by atoms with Crippen LogP contribution in [0, 0.1) is 0 Å². The van der Waals surface area contributed by atoms with Crippen LogP contribution >= 0.6 is 0 Å². The van der Waals surface area contributed by atoms with Gasteiger partial charge in [0.2, 0.25) is 0 Å². The van der Waals surface area contributed by atoms with E-state index in [-0.39, 0.29) is 12.1 Å². The van der Waals surface area contributed by atoms with Gasteiger partial charge in [0, 0.05) is 37.1 Å². The summed E-state index contributed by atoms with van der Waals surface area (Å²) in [5, 5.41) is 1.17. The average Bonchev–Trinajstić information content (AvgIpc) is 3.13. The molecule has 25 heavy (non-hydrogen) atoms. The highest BCUT2D eigenvalue weighted by atomic mass is 16.6. The number of piperazine rings is 1. The molecule has 1 aromatic heterocycles. The number of carbonyl (C=O) groups is 1. The Labute approximate surface area is 148 Å². The number of hydrogen-bond acceptors (Lipinski definition) is 4. The Balaban J connectivity index is 1.41. The zero-order valence-electron chi connectivity index (χ0n) is 15.1. The number of carbonyl (C=O) groups excluding carboxylic acids is 1. The van der Waals surface area contributed by atoms with Gasteiger partial charge in [-0.05, 0) is 39.3 Å². The van der Waals surface area contributed by atoms with E-state index in [0.29, 0.717) is 6.04 Å². The molecule has 3 heterocycles. The maximum Gasteiger partial charge on any atom is 0.410 e. The van der Waals surface area contributed by atoms with Crippen LogP contribution < -0.4 is 0 Å². The second-order valence-electron chi connectivity index (χ2n) is 8.10. The van der Waals surface area contributed by atoms with Gasteiger partial charge in [0.25, 0.3) is 0 Å². The molecule has 4 rings (SSSR count). The van der Waals surface area contributed by atoms with Gasteiger partial charge in [0.15, 0.2) is 0 Å². The van der Waals surface area contributed by atoms with Crippen molar-refractivity contribution in [3.63, 3.8) is 0 Å². The van der Waals surface area contributed by atoms with Crippen LogP contribution in [0.15, 0.2) is 36.4 Å². The molecule has 0 spiro atoms. The Morgan fingerprint density at radius 1 is 1.16 bits per heavy atom. The van der Waals surface area contributed by atoms with Crippen LogP contribution in [0.2, 0.25) is 0 Å². The van der Waals surface area contributed by atoms with Crippen LogP contribution in [0.1, 0.15) is 32.9 Å². The molecule has 2 bridgehead atoms. The topological polar surface area (TPSA) is 45.7 Å². The van der Waals surface area contributed by atoms with Gasteiger partial charge < -0.3 is 9.64 Å². The zero-order valence-corrected chi connectivity index (χ0v) is 15.1. The van der Waals surface area contributed by atoms with Crippen LogP contribution in [-0.2, 0) is 11.3 Å². The summed E-state index contributed by atoms with van der Waals surface area (Å²) in [6, 6.07) is 13.1. The fraction of sp³-hybridized carbons (Fsp3) is 0.500. The molecule has 2 aliphatic rings. The van der Waals surface area contributed by atoms with Gasteiger partial charge in [0.05, 0.1) is 11.2 Å². The van der Waals surface area contributed by atoms with Crippen molar-refractivity contribution in [1.29, 1.82) is 0 Å². The summed E-state index contributed by atoms with van der Waals surface area (Å²) in [7, 11) is 0. The Morgan fingerprint density at radius 3 is 2.68 bits per heavy atom. The second-order valence-corrected chi connectivity index (χ2v) is 8.10. The number of hydrogen-bond donors (Lipinski definition) is 0.